The number of nitrogens with one attached hydrogen (secondary N) is 2. The van der Waals surface area contributed by atoms with Crippen LogP contribution < -0.4 is 15.5 Å². The van der Waals surface area contributed by atoms with Gasteiger partial charge in [0, 0.05) is 38.4 Å². The molecule has 1 unspecified atom stereocenters. The van der Waals surface area contributed by atoms with E-state index in [1.807, 2.05) is 7.05 Å². The van der Waals surface area contributed by atoms with E-state index in [-0.39, 0.29) is 6.10 Å². The second-order valence-corrected chi connectivity index (χ2v) is 7.52. The average Bonchev–Trinajstić information content (AvgIpc) is 3.19. The predicted octanol–water partition coefficient (Wildman–Crippen LogP) is 3.56. The Kier molecular flexibility index (Phi) is 7.31. The van der Waals surface area contributed by atoms with Crippen molar-refractivity contribution in [3.8, 4) is 0 Å². The summed E-state index contributed by atoms with van der Waals surface area (Å²) in [5.74, 6) is 0.851. The molecule has 0 aromatic heterocycles. The molecule has 1 saturated heterocycles. The van der Waals surface area contributed by atoms with Crippen molar-refractivity contribution in [2.24, 2.45) is 4.99 Å². The molecule has 1 atom stereocenters. The third kappa shape index (κ3) is 5.99. The number of rotatable bonds is 7. The van der Waals surface area contributed by atoms with Gasteiger partial charge >= 0.3 is 0 Å². The Morgan fingerprint density at radius 2 is 1.93 bits per heavy atom. The molecule has 1 heterocycles. The van der Waals surface area contributed by atoms with Crippen LogP contribution in [0, 0.1) is 0 Å². The van der Waals surface area contributed by atoms with Gasteiger partial charge in [-0.25, -0.2) is 0 Å². The van der Waals surface area contributed by atoms with Crippen LogP contribution in [0.2, 0.25) is 0 Å². The van der Waals surface area contributed by atoms with Crippen molar-refractivity contribution in [3.05, 3.63) is 65.7 Å². The smallest absolute Gasteiger partial charge is 0.191 e. The lowest BCUT2D eigenvalue weighted by Gasteiger charge is -2.20. The third-order valence-electron chi connectivity index (χ3n) is 4.91. The normalized spacial score (nSPS) is 17.2. The molecule has 0 amide bonds. The van der Waals surface area contributed by atoms with E-state index >= 15 is 0 Å². The van der Waals surface area contributed by atoms with Crippen LogP contribution in [0.4, 0.5) is 5.69 Å². The summed E-state index contributed by atoms with van der Waals surface area (Å²) < 4.78 is 5.70. The number of hydrogen-bond acceptors (Lipinski definition) is 3. The summed E-state index contributed by atoms with van der Waals surface area (Å²) in [7, 11) is 1.83. The van der Waals surface area contributed by atoms with Gasteiger partial charge in [0.05, 0.1) is 12.7 Å². The van der Waals surface area contributed by atoms with Gasteiger partial charge in [0.1, 0.15) is 0 Å². The summed E-state index contributed by atoms with van der Waals surface area (Å²) in [5, 5.41) is 7.00. The zero-order valence-electron chi connectivity index (χ0n) is 17.2. The highest BCUT2D eigenvalue weighted by molar-refractivity contribution is 5.80. The van der Waals surface area contributed by atoms with E-state index in [0.29, 0.717) is 12.6 Å². The molecule has 2 N–H and O–H groups in total. The van der Waals surface area contributed by atoms with Crippen LogP contribution >= 0.6 is 0 Å². The molecule has 0 saturated carbocycles. The summed E-state index contributed by atoms with van der Waals surface area (Å²) in [4.78, 5) is 6.82. The minimum atomic E-state index is 0.242. The lowest BCUT2D eigenvalue weighted by atomic mass is 10.1. The minimum absolute atomic E-state index is 0.242. The summed E-state index contributed by atoms with van der Waals surface area (Å²) in [6, 6.07) is 19.5. The fourth-order valence-corrected chi connectivity index (χ4v) is 3.42. The molecule has 2 aromatic carbocycles. The van der Waals surface area contributed by atoms with Gasteiger partial charge in [0.15, 0.2) is 5.96 Å². The topological polar surface area (TPSA) is 48.9 Å². The third-order valence-corrected chi connectivity index (χ3v) is 4.91. The van der Waals surface area contributed by atoms with Gasteiger partial charge in [-0.15, -0.1) is 0 Å². The van der Waals surface area contributed by atoms with Crippen molar-refractivity contribution in [2.75, 3.05) is 25.0 Å². The van der Waals surface area contributed by atoms with E-state index < -0.39 is 0 Å². The van der Waals surface area contributed by atoms with Gasteiger partial charge in [-0.2, -0.15) is 0 Å². The zero-order valence-corrected chi connectivity index (χ0v) is 17.2. The van der Waals surface area contributed by atoms with Crippen molar-refractivity contribution < 1.29 is 4.74 Å². The molecular weight excluding hydrogens is 348 g/mol. The maximum absolute atomic E-state index is 5.70. The Morgan fingerprint density at radius 1 is 1.14 bits per heavy atom. The fraction of sp³-hybridized carbons (Fsp3) is 0.435. The summed E-state index contributed by atoms with van der Waals surface area (Å²) in [6.45, 7) is 7.56. The highest BCUT2D eigenvalue weighted by atomic mass is 16.5. The first-order valence-corrected chi connectivity index (χ1v) is 10.1. The van der Waals surface area contributed by atoms with E-state index in [2.05, 4.69) is 89.0 Å². The highest BCUT2D eigenvalue weighted by Crippen LogP contribution is 2.19. The molecular formula is C23H32N4O. The molecule has 1 fully saturated rings. The van der Waals surface area contributed by atoms with Crippen LogP contribution in [-0.4, -0.2) is 38.2 Å². The minimum Gasteiger partial charge on any atom is -0.374 e. The number of hydrogen-bond donors (Lipinski definition) is 2. The Morgan fingerprint density at radius 3 is 2.68 bits per heavy atom. The lowest BCUT2D eigenvalue weighted by molar-refractivity contribution is 0.0657. The molecule has 0 spiro atoms. The number of benzene rings is 2. The van der Waals surface area contributed by atoms with Gasteiger partial charge in [0.2, 0.25) is 0 Å². The molecule has 1 aliphatic heterocycles. The number of aliphatic imine (C=N–C) groups is 1. The van der Waals surface area contributed by atoms with Crippen molar-refractivity contribution in [1.82, 2.24) is 10.6 Å². The van der Waals surface area contributed by atoms with E-state index in [9.17, 15) is 0 Å². The summed E-state index contributed by atoms with van der Waals surface area (Å²) in [5.41, 5.74) is 3.71. The lowest BCUT2D eigenvalue weighted by Crippen LogP contribution is -2.44. The van der Waals surface area contributed by atoms with Gasteiger partial charge in [-0.1, -0.05) is 42.5 Å². The molecule has 0 bridgehead atoms. The fourth-order valence-electron chi connectivity index (χ4n) is 3.42. The maximum Gasteiger partial charge on any atom is 0.191 e. The summed E-state index contributed by atoms with van der Waals surface area (Å²) >= 11 is 0. The standard InChI is InChI=1S/C23H32N4O/c1-18(2)28-17-20-9-7-8-19(14-20)15-25-23(24-3)26-21-12-13-27(16-21)22-10-5-4-6-11-22/h4-11,14,18,21H,12-13,15-17H2,1-3H3,(H2,24,25,26). The van der Waals surface area contributed by atoms with Gasteiger partial charge in [0.25, 0.3) is 0 Å². The second-order valence-electron chi connectivity index (χ2n) is 7.52. The SMILES string of the molecule is CN=C(NCc1cccc(COC(C)C)c1)NC1CCN(c2ccccc2)C1. The maximum atomic E-state index is 5.70. The molecule has 150 valence electrons. The van der Waals surface area contributed by atoms with E-state index in [1.54, 1.807) is 0 Å². The van der Waals surface area contributed by atoms with E-state index in [1.165, 1.54) is 16.8 Å². The molecule has 2 aromatic rings. The van der Waals surface area contributed by atoms with Crippen LogP contribution in [0.3, 0.4) is 0 Å². The number of para-hydroxylation sites is 1. The Labute approximate surface area is 168 Å². The van der Waals surface area contributed by atoms with Crippen LogP contribution in [0.5, 0.6) is 0 Å². The van der Waals surface area contributed by atoms with E-state index in [4.69, 9.17) is 4.74 Å². The molecule has 3 rings (SSSR count). The highest BCUT2D eigenvalue weighted by Gasteiger charge is 2.23. The summed E-state index contributed by atoms with van der Waals surface area (Å²) in [6.07, 6.45) is 1.35. The van der Waals surface area contributed by atoms with Gasteiger partial charge in [-0.05, 0) is 43.5 Å². The van der Waals surface area contributed by atoms with Crippen molar-refractivity contribution in [1.29, 1.82) is 0 Å². The Bertz CT molecular complexity index is 760. The first-order valence-electron chi connectivity index (χ1n) is 10.1. The quantitative estimate of drug-likeness (QED) is 0.570. The first-order chi connectivity index (χ1) is 13.6. The van der Waals surface area contributed by atoms with Crippen LogP contribution in [0.1, 0.15) is 31.4 Å². The van der Waals surface area contributed by atoms with Crippen molar-refractivity contribution in [3.63, 3.8) is 0 Å². The number of nitrogens with zero attached hydrogens (tertiary/aromatic N) is 2. The predicted molar refractivity (Wildman–Crippen MR) is 117 cm³/mol. The van der Waals surface area contributed by atoms with Crippen molar-refractivity contribution >= 4 is 11.6 Å². The second kappa shape index (κ2) is 10.1. The Balaban J connectivity index is 1.48. The largest absolute Gasteiger partial charge is 0.374 e. The van der Waals surface area contributed by atoms with Crippen molar-refractivity contribution in [2.45, 2.75) is 45.6 Å². The van der Waals surface area contributed by atoms with Crippen LogP contribution in [0.25, 0.3) is 0 Å². The Hall–Kier alpha value is -2.53. The van der Waals surface area contributed by atoms with Gasteiger partial charge < -0.3 is 20.3 Å². The molecule has 28 heavy (non-hydrogen) atoms. The number of ether oxygens (including phenoxy) is 1. The molecule has 1 aliphatic rings. The van der Waals surface area contributed by atoms with Gasteiger partial charge in [-0.3, -0.25) is 4.99 Å². The van der Waals surface area contributed by atoms with Crippen LogP contribution in [-0.2, 0) is 17.9 Å². The molecule has 0 radical (unpaired) electrons. The molecule has 0 aliphatic carbocycles. The van der Waals surface area contributed by atoms with E-state index in [0.717, 1.165) is 32.0 Å². The zero-order chi connectivity index (χ0) is 19.8. The van der Waals surface area contributed by atoms with Crippen LogP contribution in [0.15, 0.2) is 59.6 Å². The number of guanidine groups is 1. The first kappa shape index (κ1) is 20.2. The number of anilines is 1. The molecule has 5 heteroatoms. The monoisotopic (exact) mass is 380 g/mol. The average molecular weight is 381 g/mol. The molecule has 5 nitrogen and oxygen atoms in total.